The fourth-order valence-electron chi connectivity index (χ4n) is 3.61. The fraction of sp³-hybridized carbons (Fsp3) is 0.588. The van der Waals surface area contributed by atoms with Gasteiger partial charge >= 0.3 is 0 Å². The van der Waals surface area contributed by atoms with Gasteiger partial charge < -0.3 is 20.3 Å². The summed E-state index contributed by atoms with van der Waals surface area (Å²) in [4.78, 5) is 13.4. The number of nitrogens with zero attached hydrogens (tertiary/aromatic N) is 1. The normalized spacial score (nSPS) is 30.9. The zero-order valence-electron chi connectivity index (χ0n) is 13.3. The average Bonchev–Trinajstić information content (AvgIpc) is 2.88. The predicted octanol–water partition coefficient (Wildman–Crippen LogP) is -0.330. The van der Waals surface area contributed by atoms with Gasteiger partial charge in [0.05, 0.1) is 18.8 Å². The van der Waals surface area contributed by atoms with Crippen molar-refractivity contribution < 1.29 is 19.7 Å². The third-order valence-electron chi connectivity index (χ3n) is 4.78. The Morgan fingerprint density at radius 1 is 1.35 bits per heavy atom. The molecule has 126 valence electrons. The molecule has 6 heteroatoms. The molecule has 1 amide bonds. The van der Waals surface area contributed by atoms with Gasteiger partial charge in [-0.25, -0.2) is 0 Å². The molecule has 6 nitrogen and oxygen atoms in total. The molecule has 0 spiro atoms. The van der Waals surface area contributed by atoms with Gasteiger partial charge in [-0.3, -0.25) is 9.69 Å². The lowest BCUT2D eigenvalue weighted by Gasteiger charge is -2.37. The maximum atomic E-state index is 11.2. The molecule has 2 aliphatic rings. The van der Waals surface area contributed by atoms with E-state index in [-0.39, 0.29) is 24.7 Å². The third kappa shape index (κ3) is 3.40. The lowest BCUT2D eigenvalue weighted by Crippen LogP contribution is -2.52. The Balaban J connectivity index is 1.76. The number of benzene rings is 1. The van der Waals surface area contributed by atoms with Gasteiger partial charge in [-0.15, -0.1) is 0 Å². The van der Waals surface area contributed by atoms with Crippen molar-refractivity contribution in [3.8, 4) is 0 Å². The summed E-state index contributed by atoms with van der Waals surface area (Å²) < 4.78 is 5.77. The van der Waals surface area contributed by atoms with Crippen molar-refractivity contribution in [3.05, 3.63) is 35.4 Å². The van der Waals surface area contributed by atoms with Crippen molar-refractivity contribution in [1.82, 2.24) is 10.2 Å². The van der Waals surface area contributed by atoms with Crippen LogP contribution in [0.25, 0.3) is 0 Å². The summed E-state index contributed by atoms with van der Waals surface area (Å²) in [6.45, 7) is 3.15. The number of aliphatic hydroxyl groups excluding tert-OH is 2. The Kier molecular flexibility index (Phi) is 4.96. The van der Waals surface area contributed by atoms with Gasteiger partial charge in [0.2, 0.25) is 5.91 Å². The van der Waals surface area contributed by atoms with Crippen LogP contribution in [0.4, 0.5) is 0 Å². The second kappa shape index (κ2) is 6.97. The molecule has 1 fully saturated rings. The Morgan fingerprint density at radius 3 is 2.78 bits per heavy atom. The van der Waals surface area contributed by atoms with Gasteiger partial charge in [-0.2, -0.15) is 0 Å². The molecule has 0 aromatic heterocycles. The monoisotopic (exact) mass is 320 g/mol. The SMILES string of the molecule is CC(=O)NC[C@H]1O[C@@H](CO)[C@@H](O)[C@H]1N1CCc2ccccc2C1. The molecule has 1 saturated heterocycles. The van der Waals surface area contributed by atoms with Crippen molar-refractivity contribution in [3.63, 3.8) is 0 Å². The van der Waals surface area contributed by atoms with Crippen molar-refractivity contribution in [1.29, 1.82) is 0 Å². The number of rotatable bonds is 4. The van der Waals surface area contributed by atoms with Gasteiger partial charge in [-0.1, -0.05) is 24.3 Å². The highest BCUT2D eigenvalue weighted by atomic mass is 16.5. The van der Waals surface area contributed by atoms with E-state index in [2.05, 4.69) is 22.3 Å². The molecule has 2 heterocycles. The molecule has 0 aliphatic carbocycles. The van der Waals surface area contributed by atoms with E-state index in [0.717, 1.165) is 19.5 Å². The van der Waals surface area contributed by atoms with Crippen LogP contribution in [0.5, 0.6) is 0 Å². The number of amides is 1. The van der Waals surface area contributed by atoms with E-state index in [9.17, 15) is 15.0 Å². The summed E-state index contributed by atoms with van der Waals surface area (Å²) in [7, 11) is 0. The minimum Gasteiger partial charge on any atom is -0.394 e. The van der Waals surface area contributed by atoms with Gasteiger partial charge in [0, 0.05) is 26.6 Å². The molecular formula is C17H24N2O4. The third-order valence-corrected chi connectivity index (χ3v) is 4.78. The van der Waals surface area contributed by atoms with E-state index in [0.29, 0.717) is 6.54 Å². The van der Waals surface area contributed by atoms with Crippen LogP contribution in [-0.2, 0) is 22.5 Å². The molecule has 0 saturated carbocycles. The summed E-state index contributed by atoms with van der Waals surface area (Å²) in [5.74, 6) is -0.127. The molecule has 4 atom stereocenters. The fourth-order valence-corrected chi connectivity index (χ4v) is 3.61. The van der Waals surface area contributed by atoms with Crippen LogP contribution in [0.1, 0.15) is 18.1 Å². The van der Waals surface area contributed by atoms with E-state index in [1.807, 2.05) is 12.1 Å². The second-order valence-electron chi connectivity index (χ2n) is 6.30. The van der Waals surface area contributed by atoms with Crippen LogP contribution < -0.4 is 5.32 Å². The summed E-state index contributed by atoms with van der Waals surface area (Å²) >= 11 is 0. The Bertz CT molecular complexity index is 565. The smallest absolute Gasteiger partial charge is 0.216 e. The minimum absolute atomic E-state index is 0.127. The van der Waals surface area contributed by atoms with E-state index in [1.54, 1.807) is 0 Å². The Morgan fingerprint density at radius 2 is 2.09 bits per heavy atom. The van der Waals surface area contributed by atoms with Crippen LogP contribution in [0, 0.1) is 0 Å². The van der Waals surface area contributed by atoms with Crippen LogP contribution in [0.2, 0.25) is 0 Å². The number of ether oxygens (including phenoxy) is 1. The van der Waals surface area contributed by atoms with Gasteiger partial charge in [0.15, 0.2) is 0 Å². The number of hydrogen-bond donors (Lipinski definition) is 3. The van der Waals surface area contributed by atoms with Crippen molar-refractivity contribution >= 4 is 5.91 Å². The summed E-state index contributed by atoms with van der Waals surface area (Å²) in [5.41, 5.74) is 2.60. The van der Waals surface area contributed by atoms with Crippen LogP contribution in [0.15, 0.2) is 24.3 Å². The lowest BCUT2D eigenvalue weighted by atomic mass is 9.95. The lowest BCUT2D eigenvalue weighted by molar-refractivity contribution is -0.119. The largest absolute Gasteiger partial charge is 0.394 e. The first kappa shape index (κ1) is 16.4. The van der Waals surface area contributed by atoms with E-state index < -0.39 is 12.2 Å². The van der Waals surface area contributed by atoms with Crippen LogP contribution >= 0.6 is 0 Å². The first-order valence-electron chi connectivity index (χ1n) is 8.10. The number of hydrogen-bond acceptors (Lipinski definition) is 5. The highest BCUT2D eigenvalue weighted by molar-refractivity contribution is 5.72. The molecule has 23 heavy (non-hydrogen) atoms. The number of carbonyl (C=O) groups is 1. The molecular weight excluding hydrogens is 296 g/mol. The van der Waals surface area contributed by atoms with Crippen molar-refractivity contribution in [2.24, 2.45) is 0 Å². The highest BCUT2D eigenvalue weighted by Crippen LogP contribution is 2.29. The number of fused-ring (bicyclic) bond motifs is 1. The van der Waals surface area contributed by atoms with Gasteiger partial charge in [0.25, 0.3) is 0 Å². The maximum Gasteiger partial charge on any atom is 0.216 e. The Hall–Kier alpha value is -1.47. The van der Waals surface area contributed by atoms with Crippen molar-refractivity contribution in [2.45, 2.75) is 44.2 Å². The summed E-state index contributed by atoms with van der Waals surface area (Å²) in [5, 5.41) is 22.7. The zero-order chi connectivity index (χ0) is 16.4. The van der Waals surface area contributed by atoms with Crippen LogP contribution in [-0.4, -0.2) is 65.1 Å². The van der Waals surface area contributed by atoms with Crippen LogP contribution in [0.3, 0.4) is 0 Å². The standard InChI is InChI=1S/C17H24N2O4/c1-11(21)18-8-14-16(17(22)15(10-20)23-14)19-7-6-12-4-2-3-5-13(12)9-19/h2-5,14-17,20,22H,6-10H2,1H3,(H,18,21)/t14-,15+,16+,17-/m1/s1. The first-order chi connectivity index (χ1) is 11.1. The molecule has 3 N–H and O–H groups in total. The topological polar surface area (TPSA) is 82.0 Å². The van der Waals surface area contributed by atoms with E-state index >= 15 is 0 Å². The minimum atomic E-state index is -0.760. The van der Waals surface area contributed by atoms with E-state index in [1.165, 1.54) is 18.1 Å². The second-order valence-corrected chi connectivity index (χ2v) is 6.30. The molecule has 1 aromatic rings. The molecule has 0 bridgehead atoms. The maximum absolute atomic E-state index is 11.2. The molecule has 2 aliphatic heterocycles. The summed E-state index contributed by atoms with van der Waals surface area (Å²) in [6, 6.07) is 8.08. The summed E-state index contributed by atoms with van der Waals surface area (Å²) in [6.07, 6.45) is -0.757. The molecule has 0 unspecified atom stereocenters. The Labute approximate surface area is 136 Å². The predicted molar refractivity (Wildman–Crippen MR) is 84.8 cm³/mol. The number of carbonyl (C=O) groups excluding carboxylic acids is 1. The van der Waals surface area contributed by atoms with Gasteiger partial charge in [-0.05, 0) is 17.5 Å². The number of aliphatic hydroxyl groups is 2. The zero-order valence-corrected chi connectivity index (χ0v) is 13.3. The molecule has 3 rings (SSSR count). The van der Waals surface area contributed by atoms with Gasteiger partial charge in [0.1, 0.15) is 12.2 Å². The highest BCUT2D eigenvalue weighted by Gasteiger charge is 2.46. The van der Waals surface area contributed by atoms with Crippen molar-refractivity contribution in [2.75, 3.05) is 19.7 Å². The molecule has 0 radical (unpaired) electrons. The quantitative estimate of drug-likeness (QED) is 0.708. The first-order valence-corrected chi connectivity index (χ1v) is 8.10. The number of nitrogens with one attached hydrogen (secondary N) is 1. The average molecular weight is 320 g/mol. The van der Waals surface area contributed by atoms with E-state index in [4.69, 9.17) is 4.74 Å². The molecule has 1 aromatic carbocycles.